The first-order chi connectivity index (χ1) is 4.29. The summed E-state index contributed by atoms with van der Waals surface area (Å²) in [5.74, 6) is 0.488. The van der Waals surface area contributed by atoms with Gasteiger partial charge in [0.25, 0.3) is 0 Å². The Morgan fingerprint density at radius 1 is 1.89 bits per heavy atom. The number of nitrogens with one attached hydrogen (secondary N) is 1. The second-order valence-electron chi connectivity index (χ2n) is 1.68. The van der Waals surface area contributed by atoms with Gasteiger partial charge in [-0.05, 0) is 0 Å². The van der Waals surface area contributed by atoms with Gasteiger partial charge in [-0.3, -0.25) is 0 Å². The van der Waals surface area contributed by atoms with E-state index in [1.807, 2.05) is 0 Å². The minimum Gasteiger partial charge on any atom is -0.449 e. The van der Waals surface area contributed by atoms with Crippen molar-refractivity contribution in [3.8, 4) is 0 Å². The molecule has 0 unspecified atom stereocenters. The lowest BCUT2D eigenvalue weighted by atomic mass is 10.4. The SMILES string of the molecule is O=C(O)OC1=CNCC1. The summed E-state index contributed by atoms with van der Waals surface area (Å²) in [6.07, 6.45) is 0.977. The summed E-state index contributed by atoms with van der Waals surface area (Å²) in [7, 11) is 0. The molecule has 1 heterocycles. The van der Waals surface area contributed by atoms with Crippen molar-refractivity contribution in [1.82, 2.24) is 5.32 Å². The summed E-state index contributed by atoms with van der Waals surface area (Å²) in [6, 6.07) is 0. The molecule has 4 heteroatoms. The van der Waals surface area contributed by atoms with Gasteiger partial charge in [0, 0.05) is 19.2 Å². The van der Waals surface area contributed by atoms with E-state index in [4.69, 9.17) is 5.11 Å². The van der Waals surface area contributed by atoms with Crippen molar-refractivity contribution < 1.29 is 14.6 Å². The summed E-state index contributed by atoms with van der Waals surface area (Å²) in [5, 5.41) is 10.9. The normalized spacial score (nSPS) is 16.2. The van der Waals surface area contributed by atoms with Gasteiger partial charge in [-0.2, -0.15) is 0 Å². The molecule has 0 aromatic heterocycles. The maximum Gasteiger partial charge on any atom is 0.511 e. The third-order valence-electron chi connectivity index (χ3n) is 0.997. The molecule has 0 radical (unpaired) electrons. The van der Waals surface area contributed by atoms with E-state index in [-0.39, 0.29) is 0 Å². The van der Waals surface area contributed by atoms with Crippen molar-refractivity contribution in [2.75, 3.05) is 6.54 Å². The molecule has 50 valence electrons. The first-order valence-electron chi connectivity index (χ1n) is 2.62. The number of hydrogen-bond donors (Lipinski definition) is 2. The van der Waals surface area contributed by atoms with Crippen molar-refractivity contribution in [3.63, 3.8) is 0 Å². The maximum absolute atomic E-state index is 9.86. The Kier molecular flexibility index (Phi) is 1.58. The van der Waals surface area contributed by atoms with Crippen LogP contribution in [0.15, 0.2) is 12.0 Å². The van der Waals surface area contributed by atoms with Gasteiger partial charge in [0.05, 0.1) is 0 Å². The highest BCUT2D eigenvalue weighted by Crippen LogP contribution is 2.06. The molecule has 0 fully saturated rings. The molecule has 0 saturated heterocycles. The van der Waals surface area contributed by atoms with Crippen molar-refractivity contribution >= 4 is 6.16 Å². The molecule has 1 aliphatic heterocycles. The number of hydrogen-bond acceptors (Lipinski definition) is 3. The van der Waals surface area contributed by atoms with E-state index in [0.29, 0.717) is 12.2 Å². The zero-order valence-electron chi connectivity index (χ0n) is 4.76. The van der Waals surface area contributed by atoms with E-state index < -0.39 is 6.16 Å². The van der Waals surface area contributed by atoms with Gasteiger partial charge >= 0.3 is 6.16 Å². The topological polar surface area (TPSA) is 58.6 Å². The molecule has 1 aliphatic rings. The van der Waals surface area contributed by atoms with Gasteiger partial charge in [-0.1, -0.05) is 0 Å². The van der Waals surface area contributed by atoms with Gasteiger partial charge in [-0.15, -0.1) is 0 Å². The minimum atomic E-state index is -1.25. The fourth-order valence-electron chi connectivity index (χ4n) is 0.646. The fraction of sp³-hybridized carbons (Fsp3) is 0.400. The third kappa shape index (κ3) is 1.64. The lowest BCUT2D eigenvalue weighted by molar-refractivity contribution is 0.117. The summed E-state index contributed by atoms with van der Waals surface area (Å²) in [4.78, 5) is 9.86. The highest BCUT2D eigenvalue weighted by molar-refractivity contribution is 5.58. The number of rotatable bonds is 1. The van der Waals surface area contributed by atoms with E-state index in [1.54, 1.807) is 6.20 Å². The Morgan fingerprint density at radius 3 is 3.11 bits per heavy atom. The molecule has 0 saturated carbocycles. The second kappa shape index (κ2) is 2.39. The summed E-state index contributed by atoms with van der Waals surface area (Å²) in [5.41, 5.74) is 0. The maximum atomic E-state index is 9.86. The third-order valence-corrected chi connectivity index (χ3v) is 0.997. The van der Waals surface area contributed by atoms with Crippen LogP contribution in [0.3, 0.4) is 0 Å². The Morgan fingerprint density at radius 2 is 2.67 bits per heavy atom. The molecule has 0 aromatic rings. The van der Waals surface area contributed by atoms with Crippen molar-refractivity contribution in [3.05, 3.63) is 12.0 Å². The van der Waals surface area contributed by atoms with Gasteiger partial charge in [0.1, 0.15) is 5.76 Å². The lowest BCUT2D eigenvalue weighted by Crippen LogP contribution is -1.98. The molecular weight excluding hydrogens is 122 g/mol. The smallest absolute Gasteiger partial charge is 0.449 e. The van der Waals surface area contributed by atoms with Gasteiger partial charge < -0.3 is 15.2 Å². The molecular formula is C5H7NO3. The molecule has 4 nitrogen and oxygen atoms in total. The van der Waals surface area contributed by atoms with Gasteiger partial charge in [-0.25, -0.2) is 4.79 Å². The van der Waals surface area contributed by atoms with Crippen molar-refractivity contribution in [2.45, 2.75) is 6.42 Å². The molecule has 0 aliphatic carbocycles. The quantitative estimate of drug-likeness (QED) is 0.506. The summed E-state index contributed by atoms with van der Waals surface area (Å²) >= 11 is 0. The zero-order valence-corrected chi connectivity index (χ0v) is 4.76. The highest BCUT2D eigenvalue weighted by Gasteiger charge is 2.07. The second-order valence-corrected chi connectivity index (χ2v) is 1.68. The lowest BCUT2D eigenvalue weighted by Gasteiger charge is -1.94. The number of carboxylic acid groups (broad SMARTS) is 1. The Hall–Kier alpha value is -1.19. The first kappa shape index (κ1) is 5.94. The molecule has 2 N–H and O–H groups in total. The molecule has 1 rings (SSSR count). The van der Waals surface area contributed by atoms with Crippen LogP contribution < -0.4 is 5.32 Å². The molecule has 0 amide bonds. The van der Waals surface area contributed by atoms with E-state index in [9.17, 15) is 4.79 Å². The fourth-order valence-corrected chi connectivity index (χ4v) is 0.646. The average molecular weight is 129 g/mol. The Balaban J connectivity index is 2.35. The average Bonchev–Trinajstić information content (AvgIpc) is 2.15. The van der Waals surface area contributed by atoms with Crippen LogP contribution in [0.1, 0.15) is 6.42 Å². The molecule has 0 aromatic carbocycles. The summed E-state index contributed by atoms with van der Waals surface area (Å²) in [6.45, 7) is 0.766. The van der Waals surface area contributed by atoms with Crippen LogP contribution in [0.25, 0.3) is 0 Å². The van der Waals surface area contributed by atoms with Gasteiger partial charge in [0.15, 0.2) is 0 Å². The predicted molar refractivity (Wildman–Crippen MR) is 29.8 cm³/mol. The number of ether oxygens (including phenoxy) is 1. The number of carbonyl (C=O) groups is 1. The van der Waals surface area contributed by atoms with Crippen molar-refractivity contribution in [1.29, 1.82) is 0 Å². The standard InChI is InChI=1S/C5H7NO3/c7-5(8)9-4-1-2-6-3-4/h3,6H,1-2H2,(H,7,8). The van der Waals surface area contributed by atoms with Gasteiger partial charge in [0.2, 0.25) is 0 Å². The molecule has 0 spiro atoms. The van der Waals surface area contributed by atoms with Crippen LogP contribution in [0.5, 0.6) is 0 Å². The molecule has 0 atom stereocenters. The van der Waals surface area contributed by atoms with Crippen LogP contribution in [0.4, 0.5) is 4.79 Å². The monoisotopic (exact) mass is 129 g/mol. The highest BCUT2D eigenvalue weighted by atomic mass is 16.7. The van der Waals surface area contributed by atoms with E-state index in [1.165, 1.54) is 0 Å². The van der Waals surface area contributed by atoms with Crippen LogP contribution >= 0.6 is 0 Å². The van der Waals surface area contributed by atoms with Crippen molar-refractivity contribution in [2.24, 2.45) is 0 Å². The minimum absolute atomic E-state index is 0.488. The zero-order chi connectivity index (χ0) is 6.69. The van der Waals surface area contributed by atoms with Crippen LogP contribution in [-0.2, 0) is 4.74 Å². The first-order valence-corrected chi connectivity index (χ1v) is 2.62. The van der Waals surface area contributed by atoms with E-state index >= 15 is 0 Å². The largest absolute Gasteiger partial charge is 0.511 e. The Bertz CT molecular complexity index is 152. The molecule has 0 bridgehead atoms. The summed E-state index contributed by atoms with van der Waals surface area (Å²) < 4.78 is 4.33. The van der Waals surface area contributed by atoms with Crippen LogP contribution in [-0.4, -0.2) is 17.8 Å². The van der Waals surface area contributed by atoms with E-state index in [0.717, 1.165) is 6.54 Å². The predicted octanol–water partition coefficient (Wildman–Crippen LogP) is 0.516. The Labute approximate surface area is 52.1 Å². The molecule has 9 heavy (non-hydrogen) atoms. The van der Waals surface area contributed by atoms with E-state index in [2.05, 4.69) is 10.1 Å². The van der Waals surface area contributed by atoms with Crippen LogP contribution in [0, 0.1) is 0 Å². The van der Waals surface area contributed by atoms with Crippen LogP contribution in [0.2, 0.25) is 0 Å².